The third-order valence-corrected chi connectivity index (χ3v) is 6.24. The molecule has 2 aromatic heterocycles. The lowest BCUT2D eigenvalue weighted by Gasteiger charge is -2.31. The van der Waals surface area contributed by atoms with Crippen LogP contribution in [0.3, 0.4) is 0 Å². The lowest BCUT2D eigenvalue weighted by Crippen LogP contribution is -2.49. The molecule has 2 aromatic rings. The van der Waals surface area contributed by atoms with Crippen molar-refractivity contribution in [2.75, 3.05) is 20.1 Å². The second kappa shape index (κ2) is 8.28. The molecule has 0 radical (unpaired) electrons. The van der Waals surface area contributed by atoms with E-state index in [-0.39, 0.29) is 24.6 Å². The number of hydrogen-bond acceptors (Lipinski definition) is 6. The molecule has 0 aliphatic carbocycles. The Kier molecular flexibility index (Phi) is 6.10. The van der Waals surface area contributed by atoms with E-state index >= 15 is 0 Å². The molecule has 0 spiro atoms. The average molecular weight is 447 g/mol. The number of amides is 1. The van der Waals surface area contributed by atoms with E-state index in [1.54, 1.807) is 7.05 Å². The second-order valence-corrected chi connectivity index (χ2v) is 8.58. The fourth-order valence-corrected chi connectivity index (χ4v) is 3.97. The highest BCUT2D eigenvalue weighted by molar-refractivity contribution is 7.87. The van der Waals surface area contributed by atoms with Gasteiger partial charge >= 0.3 is 6.18 Å². The van der Waals surface area contributed by atoms with Gasteiger partial charge in [-0.15, -0.1) is 0 Å². The number of hydrogen-bond donors (Lipinski definition) is 2. The molecule has 30 heavy (non-hydrogen) atoms. The van der Waals surface area contributed by atoms with Gasteiger partial charge in [-0.1, -0.05) is 0 Å². The van der Waals surface area contributed by atoms with Crippen molar-refractivity contribution >= 4 is 16.1 Å². The Morgan fingerprint density at radius 3 is 2.43 bits per heavy atom. The Morgan fingerprint density at radius 2 is 1.90 bits per heavy atom. The topological polar surface area (TPSA) is 122 Å². The van der Waals surface area contributed by atoms with Crippen LogP contribution in [0.25, 0.3) is 11.5 Å². The fraction of sp³-hybridized carbons (Fsp3) is 0.500. The van der Waals surface area contributed by atoms with Crippen LogP contribution in [-0.2, 0) is 23.4 Å². The van der Waals surface area contributed by atoms with Gasteiger partial charge in [0.2, 0.25) is 0 Å². The second-order valence-electron chi connectivity index (χ2n) is 6.71. The highest BCUT2D eigenvalue weighted by atomic mass is 32.2. The number of aromatic nitrogens is 4. The molecule has 0 aromatic carbocycles. The molecule has 0 atom stereocenters. The number of carbonyl (C=O) groups is 1. The third-order valence-electron chi connectivity index (χ3n) is 4.68. The van der Waals surface area contributed by atoms with Crippen LogP contribution in [-0.4, -0.2) is 64.3 Å². The van der Waals surface area contributed by atoms with Gasteiger partial charge in [0.1, 0.15) is 17.1 Å². The minimum Gasteiger partial charge on any atom is -0.348 e. The highest BCUT2D eigenvalue weighted by Crippen LogP contribution is 2.29. The maximum absolute atomic E-state index is 13.3. The van der Waals surface area contributed by atoms with Crippen LogP contribution in [0, 0.1) is 0 Å². The van der Waals surface area contributed by atoms with Crippen LogP contribution < -0.4 is 10.0 Å². The van der Waals surface area contributed by atoms with Crippen molar-refractivity contribution in [3.8, 4) is 11.5 Å². The summed E-state index contributed by atoms with van der Waals surface area (Å²) in [5, 5.41) is 2.63. The van der Waals surface area contributed by atoms with Crippen LogP contribution in [0.5, 0.6) is 0 Å². The normalized spacial score (nSPS) is 16.6. The first kappa shape index (κ1) is 22.1. The monoisotopic (exact) mass is 447 g/mol. The van der Waals surface area contributed by atoms with Crippen LogP contribution in [0.15, 0.2) is 18.6 Å². The summed E-state index contributed by atoms with van der Waals surface area (Å²) in [6.07, 6.45) is -1.45. The molecule has 0 saturated carbocycles. The fourth-order valence-electron chi connectivity index (χ4n) is 3.02. The largest absolute Gasteiger partial charge is 0.433 e. The minimum atomic E-state index is -4.77. The van der Waals surface area contributed by atoms with E-state index in [2.05, 4.69) is 25.0 Å². The van der Waals surface area contributed by atoms with Gasteiger partial charge in [-0.3, -0.25) is 4.79 Å². The smallest absolute Gasteiger partial charge is 0.348 e. The van der Waals surface area contributed by atoms with Gasteiger partial charge in [0.05, 0.1) is 12.5 Å². The summed E-state index contributed by atoms with van der Waals surface area (Å²) >= 11 is 0. The SMILES string of the molecule is CNS(=O)(=O)N1CCC(NC(=O)c2cc(C(F)(F)F)nc(-c3cncn3C)n2)CC1. The number of aryl methyl sites for hydroxylation is 1. The molecule has 1 saturated heterocycles. The minimum absolute atomic E-state index is 0.173. The Labute approximate surface area is 170 Å². The van der Waals surface area contributed by atoms with Gasteiger partial charge in [0.15, 0.2) is 5.82 Å². The van der Waals surface area contributed by atoms with E-state index in [4.69, 9.17) is 0 Å². The molecule has 2 N–H and O–H groups in total. The number of piperidine rings is 1. The van der Waals surface area contributed by atoms with Crippen molar-refractivity contribution in [1.29, 1.82) is 0 Å². The summed E-state index contributed by atoms with van der Waals surface area (Å²) < 4.78 is 68.4. The number of imidazole rings is 1. The van der Waals surface area contributed by atoms with Crippen molar-refractivity contribution in [2.24, 2.45) is 7.05 Å². The predicted octanol–water partition coefficient (Wildman–Crippen LogP) is 0.554. The predicted molar refractivity (Wildman–Crippen MR) is 99.3 cm³/mol. The molecule has 1 aliphatic rings. The van der Waals surface area contributed by atoms with Crippen molar-refractivity contribution in [1.82, 2.24) is 33.9 Å². The summed E-state index contributed by atoms with van der Waals surface area (Å²) in [5.74, 6) is -1.06. The Bertz CT molecular complexity index is 1030. The van der Waals surface area contributed by atoms with Crippen LogP contribution >= 0.6 is 0 Å². The zero-order chi connectivity index (χ0) is 22.1. The summed E-state index contributed by atoms with van der Waals surface area (Å²) in [4.78, 5) is 23.9. The summed E-state index contributed by atoms with van der Waals surface area (Å²) in [5.41, 5.74) is -1.45. The molecule has 1 fully saturated rings. The molecule has 3 heterocycles. The maximum atomic E-state index is 13.3. The molecular weight excluding hydrogens is 427 g/mol. The molecule has 1 aliphatic heterocycles. The van der Waals surface area contributed by atoms with Crippen molar-refractivity contribution < 1.29 is 26.4 Å². The van der Waals surface area contributed by atoms with Crippen LogP contribution in [0.4, 0.5) is 13.2 Å². The van der Waals surface area contributed by atoms with Gasteiger partial charge in [0.25, 0.3) is 16.1 Å². The van der Waals surface area contributed by atoms with Crippen molar-refractivity contribution in [3.05, 3.63) is 30.0 Å². The molecular formula is C16H20F3N7O3S. The molecule has 3 rings (SSSR count). The highest BCUT2D eigenvalue weighted by Gasteiger charge is 2.35. The van der Waals surface area contributed by atoms with E-state index in [0.29, 0.717) is 18.9 Å². The lowest BCUT2D eigenvalue weighted by atomic mass is 10.1. The van der Waals surface area contributed by atoms with Crippen molar-refractivity contribution in [2.45, 2.75) is 25.1 Å². The maximum Gasteiger partial charge on any atom is 0.433 e. The standard InChI is InChI=1S/C16H20F3N7O3S/c1-20-30(28,29)26-5-3-10(4-6-26)22-15(27)11-7-13(16(17,18)19)24-14(23-11)12-8-21-9-25(12)2/h7-10,20H,3-6H2,1-2H3,(H,22,27). The van der Waals surface area contributed by atoms with Gasteiger partial charge in [-0.25, -0.2) is 19.7 Å². The Hall–Kier alpha value is -2.58. The summed E-state index contributed by atoms with van der Waals surface area (Å²) in [6, 6.07) is 0.195. The molecule has 0 unspecified atom stereocenters. The van der Waals surface area contributed by atoms with Gasteiger partial charge in [0, 0.05) is 39.3 Å². The average Bonchev–Trinajstić information content (AvgIpc) is 3.13. The van der Waals surface area contributed by atoms with Gasteiger partial charge < -0.3 is 9.88 Å². The first-order valence-corrected chi connectivity index (χ1v) is 10.4. The number of nitrogens with zero attached hydrogens (tertiary/aromatic N) is 5. The third kappa shape index (κ3) is 4.76. The van der Waals surface area contributed by atoms with Crippen LogP contribution in [0.2, 0.25) is 0 Å². The number of carbonyl (C=O) groups excluding carboxylic acids is 1. The molecule has 164 valence electrons. The van der Waals surface area contributed by atoms with E-state index in [1.165, 1.54) is 28.4 Å². The number of alkyl halides is 3. The van der Waals surface area contributed by atoms with E-state index in [1.807, 2.05) is 0 Å². The number of rotatable bonds is 5. The number of halogens is 3. The lowest BCUT2D eigenvalue weighted by molar-refractivity contribution is -0.141. The van der Waals surface area contributed by atoms with Gasteiger partial charge in [-0.2, -0.15) is 25.9 Å². The summed E-state index contributed by atoms with van der Waals surface area (Å²) in [6.45, 7) is 0.345. The zero-order valence-corrected chi connectivity index (χ0v) is 17.0. The molecule has 10 nitrogen and oxygen atoms in total. The van der Waals surface area contributed by atoms with E-state index < -0.39 is 39.7 Å². The quantitative estimate of drug-likeness (QED) is 0.691. The zero-order valence-electron chi connectivity index (χ0n) is 16.1. The first-order chi connectivity index (χ1) is 14.0. The summed E-state index contributed by atoms with van der Waals surface area (Å²) in [7, 11) is -0.695. The molecule has 14 heteroatoms. The van der Waals surface area contributed by atoms with E-state index in [0.717, 1.165) is 0 Å². The Morgan fingerprint density at radius 1 is 1.23 bits per heavy atom. The number of nitrogens with one attached hydrogen (secondary N) is 2. The van der Waals surface area contributed by atoms with E-state index in [9.17, 15) is 26.4 Å². The molecule has 0 bridgehead atoms. The van der Waals surface area contributed by atoms with Crippen molar-refractivity contribution in [3.63, 3.8) is 0 Å². The first-order valence-electron chi connectivity index (χ1n) is 8.93. The van der Waals surface area contributed by atoms with Crippen LogP contribution in [0.1, 0.15) is 29.0 Å². The molecule has 1 amide bonds. The van der Waals surface area contributed by atoms with Gasteiger partial charge in [-0.05, 0) is 12.8 Å². The Balaban J connectivity index is 1.80.